The summed E-state index contributed by atoms with van der Waals surface area (Å²) in [5.74, 6) is 0.470. The van der Waals surface area contributed by atoms with E-state index in [0.29, 0.717) is 31.7 Å². The fourth-order valence-corrected chi connectivity index (χ4v) is 2.89. The Morgan fingerprint density at radius 2 is 1.68 bits per heavy atom. The number of hydrogen-bond acceptors (Lipinski definition) is 3. The third kappa shape index (κ3) is 3.33. The molecule has 19 heavy (non-hydrogen) atoms. The van der Waals surface area contributed by atoms with Gasteiger partial charge in [0, 0.05) is 25.4 Å². The first-order chi connectivity index (χ1) is 9.11. The molecule has 2 rings (SSSR count). The van der Waals surface area contributed by atoms with E-state index in [2.05, 4.69) is 0 Å². The van der Waals surface area contributed by atoms with Crippen LogP contribution in [0, 0.1) is 5.92 Å². The maximum atomic E-state index is 12.0. The normalized spacial score (nSPS) is 24.5. The van der Waals surface area contributed by atoms with Crippen LogP contribution in [-0.2, 0) is 14.4 Å². The van der Waals surface area contributed by atoms with Gasteiger partial charge in [0.2, 0.25) is 11.8 Å². The highest BCUT2D eigenvalue weighted by molar-refractivity contribution is 5.92. The average Bonchev–Trinajstić information content (AvgIpc) is 2.78. The lowest BCUT2D eigenvalue weighted by Crippen LogP contribution is -2.54. The van der Waals surface area contributed by atoms with Gasteiger partial charge in [-0.15, -0.1) is 0 Å². The quantitative estimate of drug-likeness (QED) is 0.740. The first-order valence-corrected chi connectivity index (χ1v) is 7.20. The summed E-state index contributed by atoms with van der Waals surface area (Å²) in [5, 5.41) is 0. The molecule has 1 heterocycles. The summed E-state index contributed by atoms with van der Waals surface area (Å²) in [4.78, 5) is 38.6. The molecule has 0 N–H and O–H groups in total. The molecule has 1 saturated heterocycles. The third-order valence-electron chi connectivity index (χ3n) is 4.03. The SMILES string of the molecule is CCCN1CC(=O)N(CCC2CCCC2=O)CC1=O. The van der Waals surface area contributed by atoms with E-state index >= 15 is 0 Å². The Morgan fingerprint density at radius 1 is 1.05 bits per heavy atom. The molecule has 0 aromatic heterocycles. The maximum Gasteiger partial charge on any atom is 0.242 e. The smallest absolute Gasteiger partial charge is 0.242 e. The molecule has 0 bridgehead atoms. The molecule has 2 amide bonds. The zero-order chi connectivity index (χ0) is 13.8. The second-order valence-corrected chi connectivity index (χ2v) is 5.47. The van der Waals surface area contributed by atoms with Crippen LogP contribution in [0.2, 0.25) is 0 Å². The minimum Gasteiger partial charge on any atom is -0.332 e. The predicted octanol–water partition coefficient (Wildman–Crippen LogP) is 0.826. The summed E-state index contributed by atoms with van der Waals surface area (Å²) in [7, 11) is 0. The molecule has 5 heteroatoms. The highest BCUT2D eigenvalue weighted by Crippen LogP contribution is 2.24. The van der Waals surface area contributed by atoms with Crippen molar-refractivity contribution in [3.05, 3.63) is 0 Å². The van der Waals surface area contributed by atoms with Gasteiger partial charge < -0.3 is 9.80 Å². The fourth-order valence-electron chi connectivity index (χ4n) is 2.89. The number of Topliss-reactive ketones (excluding diaryl/α,β-unsaturated/α-hetero) is 1. The van der Waals surface area contributed by atoms with Gasteiger partial charge in [0.25, 0.3) is 0 Å². The van der Waals surface area contributed by atoms with E-state index in [9.17, 15) is 14.4 Å². The number of nitrogens with zero attached hydrogens (tertiary/aromatic N) is 2. The minimum atomic E-state index is 0.0125. The molecule has 0 radical (unpaired) electrons. The summed E-state index contributed by atoms with van der Waals surface area (Å²) >= 11 is 0. The van der Waals surface area contributed by atoms with Crippen molar-refractivity contribution in [1.29, 1.82) is 0 Å². The van der Waals surface area contributed by atoms with Crippen LogP contribution in [0.15, 0.2) is 0 Å². The Labute approximate surface area is 113 Å². The molecule has 2 fully saturated rings. The zero-order valence-electron chi connectivity index (χ0n) is 11.6. The van der Waals surface area contributed by atoms with Crippen LogP contribution in [0.3, 0.4) is 0 Å². The van der Waals surface area contributed by atoms with E-state index in [0.717, 1.165) is 19.3 Å². The van der Waals surface area contributed by atoms with Crippen molar-refractivity contribution in [3.63, 3.8) is 0 Å². The molecule has 106 valence electrons. The molecule has 0 spiro atoms. The first kappa shape index (κ1) is 14.0. The van der Waals surface area contributed by atoms with Gasteiger partial charge in [-0.3, -0.25) is 14.4 Å². The van der Waals surface area contributed by atoms with Crippen molar-refractivity contribution < 1.29 is 14.4 Å². The highest BCUT2D eigenvalue weighted by atomic mass is 16.2. The second kappa shape index (κ2) is 6.17. The van der Waals surface area contributed by atoms with Crippen molar-refractivity contribution in [2.45, 2.75) is 39.0 Å². The summed E-state index contributed by atoms with van der Waals surface area (Å²) in [6.07, 6.45) is 4.18. The summed E-state index contributed by atoms with van der Waals surface area (Å²) in [6, 6.07) is 0. The van der Waals surface area contributed by atoms with Crippen LogP contribution in [0.25, 0.3) is 0 Å². The Bertz CT molecular complexity index is 381. The standard InChI is InChI=1S/C14H22N2O3/c1-2-7-15-9-14(19)16(10-13(15)18)8-6-11-4-3-5-12(11)17/h11H,2-10H2,1H3. The van der Waals surface area contributed by atoms with E-state index < -0.39 is 0 Å². The zero-order valence-corrected chi connectivity index (χ0v) is 11.6. The largest absolute Gasteiger partial charge is 0.332 e. The van der Waals surface area contributed by atoms with Crippen LogP contribution in [0.5, 0.6) is 0 Å². The topological polar surface area (TPSA) is 57.7 Å². The van der Waals surface area contributed by atoms with E-state index in [1.54, 1.807) is 9.80 Å². The molecular formula is C14H22N2O3. The number of hydrogen-bond donors (Lipinski definition) is 0. The monoisotopic (exact) mass is 266 g/mol. The van der Waals surface area contributed by atoms with Crippen molar-refractivity contribution in [2.24, 2.45) is 5.92 Å². The number of rotatable bonds is 5. The van der Waals surface area contributed by atoms with Gasteiger partial charge in [-0.25, -0.2) is 0 Å². The van der Waals surface area contributed by atoms with Crippen LogP contribution >= 0.6 is 0 Å². The van der Waals surface area contributed by atoms with Crippen molar-refractivity contribution in [3.8, 4) is 0 Å². The van der Waals surface area contributed by atoms with Crippen LogP contribution in [0.1, 0.15) is 39.0 Å². The average molecular weight is 266 g/mol. The lowest BCUT2D eigenvalue weighted by Gasteiger charge is -2.34. The summed E-state index contributed by atoms with van der Waals surface area (Å²) < 4.78 is 0. The van der Waals surface area contributed by atoms with Crippen LogP contribution in [-0.4, -0.2) is 53.6 Å². The fraction of sp³-hybridized carbons (Fsp3) is 0.786. The molecule has 1 atom stereocenters. The third-order valence-corrected chi connectivity index (χ3v) is 4.03. The van der Waals surface area contributed by atoms with Crippen molar-refractivity contribution in [1.82, 2.24) is 9.80 Å². The van der Waals surface area contributed by atoms with Gasteiger partial charge in [-0.2, -0.15) is 0 Å². The van der Waals surface area contributed by atoms with Crippen LogP contribution < -0.4 is 0 Å². The van der Waals surface area contributed by atoms with Gasteiger partial charge in [0.05, 0.1) is 13.1 Å². The van der Waals surface area contributed by atoms with Gasteiger partial charge in [-0.05, 0) is 25.7 Å². The van der Waals surface area contributed by atoms with Crippen LogP contribution in [0.4, 0.5) is 0 Å². The number of carbonyl (C=O) groups is 3. The molecule has 1 aliphatic carbocycles. The van der Waals surface area contributed by atoms with Crippen molar-refractivity contribution in [2.75, 3.05) is 26.2 Å². The summed E-state index contributed by atoms with van der Waals surface area (Å²) in [6.45, 7) is 3.57. The molecule has 1 unspecified atom stereocenters. The lowest BCUT2D eigenvalue weighted by molar-refractivity contribution is -0.150. The van der Waals surface area contributed by atoms with Gasteiger partial charge in [0.15, 0.2) is 0 Å². The Hall–Kier alpha value is -1.39. The number of ketones is 1. The molecular weight excluding hydrogens is 244 g/mol. The Balaban J connectivity index is 1.83. The number of piperazine rings is 1. The van der Waals surface area contributed by atoms with Gasteiger partial charge in [-0.1, -0.05) is 6.92 Å². The Kier molecular flexibility index (Phi) is 4.56. The highest BCUT2D eigenvalue weighted by Gasteiger charge is 2.31. The first-order valence-electron chi connectivity index (χ1n) is 7.20. The second-order valence-electron chi connectivity index (χ2n) is 5.47. The van der Waals surface area contributed by atoms with E-state index in [1.165, 1.54) is 0 Å². The summed E-state index contributed by atoms with van der Waals surface area (Å²) in [5.41, 5.74) is 0. The molecule has 0 aromatic carbocycles. The lowest BCUT2D eigenvalue weighted by atomic mass is 10.0. The molecule has 1 aliphatic heterocycles. The maximum absolute atomic E-state index is 12.0. The minimum absolute atomic E-state index is 0.0125. The van der Waals surface area contributed by atoms with Gasteiger partial charge >= 0.3 is 0 Å². The predicted molar refractivity (Wildman–Crippen MR) is 70.4 cm³/mol. The number of carbonyl (C=O) groups excluding carboxylic acids is 3. The molecule has 2 aliphatic rings. The van der Waals surface area contributed by atoms with Gasteiger partial charge in [0.1, 0.15) is 5.78 Å². The molecule has 1 saturated carbocycles. The number of amides is 2. The molecule has 0 aromatic rings. The van der Waals surface area contributed by atoms with E-state index in [1.807, 2.05) is 6.92 Å². The van der Waals surface area contributed by atoms with E-state index in [-0.39, 0.29) is 30.8 Å². The van der Waals surface area contributed by atoms with E-state index in [4.69, 9.17) is 0 Å². The Morgan fingerprint density at radius 3 is 2.21 bits per heavy atom. The van der Waals surface area contributed by atoms with Crippen molar-refractivity contribution >= 4 is 17.6 Å². The molecule has 5 nitrogen and oxygen atoms in total.